The SMILES string of the molecule is CC(C)CC(C)NS(=O)c1ccc2c(c1)oc1ccc(Br)cc12. The monoisotopic (exact) mass is 393 g/mol. The van der Waals surface area contributed by atoms with Crippen LogP contribution in [0.15, 0.2) is 50.2 Å². The summed E-state index contributed by atoms with van der Waals surface area (Å²) in [6.45, 7) is 6.40. The Bertz CT molecular complexity index is 872. The predicted molar refractivity (Wildman–Crippen MR) is 99.9 cm³/mol. The Morgan fingerprint density at radius 3 is 2.61 bits per heavy atom. The van der Waals surface area contributed by atoms with Crippen molar-refractivity contribution >= 4 is 48.9 Å². The van der Waals surface area contributed by atoms with E-state index < -0.39 is 11.0 Å². The fraction of sp³-hybridized carbons (Fsp3) is 0.333. The first-order valence-electron chi connectivity index (χ1n) is 7.74. The molecule has 1 aromatic heterocycles. The van der Waals surface area contributed by atoms with Gasteiger partial charge >= 0.3 is 0 Å². The normalized spacial score (nSPS) is 14.7. The molecule has 1 heterocycles. The lowest BCUT2D eigenvalue weighted by Gasteiger charge is -2.15. The number of hydrogen-bond acceptors (Lipinski definition) is 2. The minimum Gasteiger partial charge on any atom is -0.456 e. The molecule has 0 amide bonds. The lowest BCUT2D eigenvalue weighted by molar-refractivity contribution is 0.495. The average molecular weight is 394 g/mol. The summed E-state index contributed by atoms with van der Waals surface area (Å²) >= 11 is 3.49. The van der Waals surface area contributed by atoms with Crippen LogP contribution >= 0.6 is 15.9 Å². The Balaban J connectivity index is 1.91. The molecule has 0 aliphatic heterocycles. The van der Waals surface area contributed by atoms with Crippen molar-refractivity contribution in [3.8, 4) is 0 Å². The molecule has 0 aliphatic carbocycles. The van der Waals surface area contributed by atoms with Crippen molar-refractivity contribution in [1.82, 2.24) is 4.72 Å². The molecule has 0 saturated heterocycles. The summed E-state index contributed by atoms with van der Waals surface area (Å²) in [6.07, 6.45) is 0.993. The minimum atomic E-state index is -1.23. The fourth-order valence-electron chi connectivity index (χ4n) is 2.85. The molecule has 122 valence electrons. The molecule has 0 radical (unpaired) electrons. The van der Waals surface area contributed by atoms with Crippen molar-refractivity contribution in [3.05, 3.63) is 40.9 Å². The maximum absolute atomic E-state index is 12.5. The molecule has 0 fully saturated rings. The molecule has 23 heavy (non-hydrogen) atoms. The number of nitrogens with one attached hydrogen (secondary N) is 1. The van der Waals surface area contributed by atoms with Gasteiger partial charge in [-0.05, 0) is 55.7 Å². The van der Waals surface area contributed by atoms with Crippen LogP contribution < -0.4 is 4.72 Å². The van der Waals surface area contributed by atoms with Gasteiger partial charge in [-0.15, -0.1) is 0 Å². The zero-order valence-corrected chi connectivity index (χ0v) is 15.8. The molecular formula is C18H20BrNO2S. The van der Waals surface area contributed by atoms with Crippen LogP contribution in [0.4, 0.5) is 0 Å². The molecule has 0 aliphatic rings. The second-order valence-corrected chi connectivity index (χ2v) is 8.48. The number of halogens is 1. The van der Waals surface area contributed by atoms with Crippen LogP contribution in [0, 0.1) is 5.92 Å². The van der Waals surface area contributed by atoms with E-state index in [0.717, 1.165) is 37.7 Å². The fourth-order valence-corrected chi connectivity index (χ4v) is 4.22. The highest BCUT2D eigenvalue weighted by molar-refractivity contribution is 9.10. The molecule has 0 saturated carbocycles. The third kappa shape index (κ3) is 3.67. The first-order chi connectivity index (χ1) is 10.9. The largest absolute Gasteiger partial charge is 0.456 e. The molecule has 3 rings (SSSR count). The molecule has 0 spiro atoms. The number of furan rings is 1. The summed E-state index contributed by atoms with van der Waals surface area (Å²) in [5.74, 6) is 0.575. The van der Waals surface area contributed by atoms with Crippen molar-refractivity contribution < 1.29 is 8.63 Å². The Morgan fingerprint density at radius 1 is 1.09 bits per heavy atom. The number of benzene rings is 2. The van der Waals surface area contributed by atoms with Crippen LogP contribution in [0.5, 0.6) is 0 Å². The third-order valence-corrected chi connectivity index (χ3v) is 5.54. The zero-order chi connectivity index (χ0) is 16.6. The van der Waals surface area contributed by atoms with Crippen LogP contribution in [0.25, 0.3) is 21.9 Å². The first-order valence-corrected chi connectivity index (χ1v) is 9.68. The van der Waals surface area contributed by atoms with Gasteiger partial charge in [0.15, 0.2) is 0 Å². The molecule has 3 aromatic rings. The summed E-state index contributed by atoms with van der Waals surface area (Å²) in [7, 11) is -1.23. The maximum atomic E-state index is 12.5. The summed E-state index contributed by atoms with van der Waals surface area (Å²) in [6, 6.07) is 11.9. The van der Waals surface area contributed by atoms with Gasteiger partial charge in [0.25, 0.3) is 0 Å². The summed E-state index contributed by atoms with van der Waals surface area (Å²) in [5.41, 5.74) is 1.61. The van der Waals surface area contributed by atoms with E-state index in [-0.39, 0.29) is 6.04 Å². The van der Waals surface area contributed by atoms with Gasteiger partial charge < -0.3 is 4.42 Å². The van der Waals surface area contributed by atoms with E-state index in [1.54, 1.807) is 0 Å². The van der Waals surface area contributed by atoms with Crippen LogP contribution in [0.3, 0.4) is 0 Å². The van der Waals surface area contributed by atoms with E-state index in [0.29, 0.717) is 5.92 Å². The topological polar surface area (TPSA) is 42.2 Å². The highest BCUT2D eigenvalue weighted by atomic mass is 79.9. The summed E-state index contributed by atoms with van der Waals surface area (Å²) in [5, 5.41) is 2.10. The van der Waals surface area contributed by atoms with E-state index in [2.05, 4.69) is 41.4 Å². The van der Waals surface area contributed by atoms with E-state index in [9.17, 15) is 4.21 Å². The van der Waals surface area contributed by atoms with Gasteiger partial charge in [0, 0.05) is 21.3 Å². The van der Waals surface area contributed by atoms with Gasteiger partial charge in [0.2, 0.25) is 0 Å². The zero-order valence-electron chi connectivity index (χ0n) is 13.4. The smallest absolute Gasteiger partial charge is 0.136 e. The molecule has 0 bridgehead atoms. The van der Waals surface area contributed by atoms with Crippen LogP contribution in [-0.4, -0.2) is 10.3 Å². The highest BCUT2D eigenvalue weighted by Gasteiger charge is 2.13. The van der Waals surface area contributed by atoms with Crippen LogP contribution in [0.1, 0.15) is 27.2 Å². The van der Waals surface area contributed by atoms with E-state index in [1.165, 1.54) is 0 Å². The Labute approximate surface area is 147 Å². The van der Waals surface area contributed by atoms with E-state index in [4.69, 9.17) is 4.42 Å². The molecule has 1 N–H and O–H groups in total. The molecule has 5 heteroatoms. The summed E-state index contributed by atoms with van der Waals surface area (Å²) < 4.78 is 22.6. The van der Waals surface area contributed by atoms with Gasteiger partial charge in [0.1, 0.15) is 22.2 Å². The Kier molecular flexibility index (Phi) is 4.90. The van der Waals surface area contributed by atoms with E-state index in [1.807, 2.05) is 36.4 Å². The molecular weight excluding hydrogens is 374 g/mol. The lowest BCUT2D eigenvalue weighted by Crippen LogP contribution is -2.29. The Hall–Kier alpha value is -1.17. The average Bonchev–Trinajstić information content (AvgIpc) is 2.83. The molecule has 3 nitrogen and oxygen atoms in total. The standard InChI is InChI=1S/C18H20BrNO2S/c1-11(2)8-12(3)20-23(21)14-5-6-15-16-9-13(19)4-7-17(16)22-18(15)10-14/h4-7,9-12,20H,8H2,1-3H3. The van der Waals surface area contributed by atoms with Gasteiger partial charge in [0.05, 0.1) is 4.90 Å². The van der Waals surface area contributed by atoms with Crippen LogP contribution in [0.2, 0.25) is 0 Å². The molecule has 2 aromatic carbocycles. The minimum absolute atomic E-state index is 0.207. The number of fused-ring (bicyclic) bond motifs is 3. The van der Waals surface area contributed by atoms with Crippen molar-refractivity contribution in [2.45, 2.75) is 38.1 Å². The maximum Gasteiger partial charge on any atom is 0.136 e. The lowest BCUT2D eigenvalue weighted by atomic mass is 10.1. The van der Waals surface area contributed by atoms with Crippen molar-refractivity contribution in [3.63, 3.8) is 0 Å². The van der Waals surface area contributed by atoms with Crippen molar-refractivity contribution in [2.24, 2.45) is 5.92 Å². The predicted octanol–water partition coefficient (Wildman–Crippen LogP) is 5.40. The number of rotatable bonds is 5. The first kappa shape index (κ1) is 16.7. The van der Waals surface area contributed by atoms with Gasteiger partial charge in [-0.1, -0.05) is 29.8 Å². The quantitative estimate of drug-likeness (QED) is 0.630. The number of hydrogen-bond donors (Lipinski definition) is 1. The molecule has 2 unspecified atom stereocenters. The Morgan fingerprint density at radius 2 is 1.87 bits per heavy atom. The van der Waals surface area contributed by atoms with Gasteiger partial charge in [-0.25, -0.2) is 8.93 Å². The highest BCUT2D eigenvalue weighted by Crippen LogP contribution is 2.31. The third-order valence-electron chi connectivity index (χ3n) is 3.75. The molecule has 2 atom stereocenters. The second kappa shape index (κ2) is 6.75. The van der Waals surface area contributed by atoms with Crippen molar-refractivity contribution in [1.29, 1.82) is 0 Å². The van der Waals surface area contributed by atoms with Gasteiger partial charge in [-0.3, -0.25) is 0 Å². The second-order valence-electron chi connectivity index (χ2n) is 6.32. The summed E-state index contributed by atoms with van der Waals surface area (Å²) in [4.78, 5) is 0.742. The van der Waals surface area contributed by atoms with Crippen molar-refractivity contribution in [2.75, 3.05) is 0 Å². The van der Waals surface area contributed by atoms with Gasteiger partial charge in [-0.2, -0.15) is 0 Å². The van der Waals surface area contributed by atoms with E-state index >= 15 is 0 Å². The van der Waals surface area contributed by atoms with Crippen LogP contribution in [-0.2, 0) is 11.0 Å².